The number of carbonyl (C=O) groups excluding carboxylic acids is 1. The Balaban J connectivity index is 1.71. The molecule has 6 heteroatoms. The molecule has 0 unspecified atom stereocenters. The molecule has 0 saturated heterocycles. The van der Waals surface area contributed by atoms with Gasteiger partial charge >= 0.3 is 0 Å². The minimum absolute atomic E-state index is 0.0568. The van der Waals surface area contributed by atoms with Crippen LogP contribution in [-0.2, 0) is 4.79 Å². The van der Waals surface area contributed by atoms with Gasteiger partial charge in [0.05, 0.1) is 10.4 Å². The Morgan fingerprint density at radius 2 is 2.24 bits per heavy atom. The molecule has 1 aromatic rings. The van der Waals surface area contributed by atoms with E-state index in [4.69, 9.17) is 10.5 Å². The number of rotatable bonds is 6. The topological polar surface area (TPSA) is 84.6 Å². The summed E-state index contributed by atoms with van der Waals surface area (Å²) in [7, 11) is 0. The van der Waals surface area contributed by atoms with Crippen LogP contribution in [0.4, 0.5) is 0 Å². The summed E-state index contributed by atoms with van der Waals surface area (Å²) in [4.78, 5) is 11.9. The van der Waals surface area contributed by atoms with Gasteiger partial charge in [0.1, 0.15) is 18.5 Å². The molecule has 5 nitrogen and oxygen atoms in total. The summed E-state index contributed by atoms with van der Waals surface area (Å²) in [5.41, 5.74) is 5.88. The zero-order valence-electron chi connectivity index (χ0n) is 11.8. The minimum atomic E-state index is -0.751. The van der Waals surface area contributed by atoms with Gasteiger partial charge in [-0.1, -0.05) is 18.6 Å². The standard InChI is InChI=1S/C15H21BrN2O3/c16-12-5-1-2-7-14(12)21-9-10(19)8-18-15(20)11-4-3-6-13(11)17/h1-2,5,7,10-11,13,19H,3-4,6,8-9,17H2,(H,18,20)/t10-,11-,13-/m1/s1. The summed E-state index contributed by atoms with van der Waals surface area (Å²) < 4.78 is 6.34. The monoisotopic (exact) mass is 356 g/mol. The van der Waals surface area contributed by atoms with Crippen LogP contribution in [0.15, 0.2) is 28.7 Å². The highest BCUT2D eigenvalue weighted by molar-refractivity contribution is 9.10. The average molecular weight is 357 g/mol. The van der Waals surface area contributed by atoms with E-state index in [-0.39, 0.29) is 31.0 Å². The van der Waals surface area contributed by atoms with Crippen molar-refractivity contribution in [1.82, 2.24) is 5.32 Å². The van der Waals surface area contributed by atoms with E-state index in [1.807, 2.05) is 24.3 Å². The molecule has 0 spiro atoms. The van der Waals surface area contributed by atoms with Crippen LogP contribution in [0.1, 0.15) is 19.3 Å². The second-order valence-electron chi connectivity index (χ2n) is 5.34. The Labute approximate surface area is 133 Å². The first-order valence-corrected chi connectivity index (χ1v) is 7.96. The van der Waals surface area contributed by atoms with Gasteiger partial charge in [-0.2, -0.15) is 0 Å². The van der Waals surface area contributed by atoms with Crippen molar-refractivity contribution in [2.24, 2.45) is 11.7 Å². The second-order valence-corrected chi connectivity index (χ2v) is 6.20. The van der Waals surface area contributed by atoms with Crippen LogP contribution < -0.4 is 15.8 Å². The molecular weight excluding hydrogens is 336 g/mol. The SMILES string of the molecule is N[C@@H]1CCC[C@H]1C(=O)NC[C@@H](O)COc1ccccc1Br. The van der Waals surface area contributed by atoms with Crippen molar-refractivity contribution in [3.63, 3.8) is 0 Å². The van der Waals surface area contributed by atoms with Crippen LogP contribution in [0.5, 0.6) is 5.75 Å². The number of hydrogen-bond acceptors (Lipinski definition) is 4. The molecule has 0 bridgehead atoms. The maximum atomic E-state index is 11.9. The van der Waals surface area contributed by atoms with Gasteiger partial charge in [0.2, 0.25) is 5.91 Å². The first kappa shape index (κ1) is 16.3. The second kappa shape index (κ2) is 7.77. The molecule has 4 N–H and O–H groups in total. The van der Waals surface area contributed by atoms with Gasteiger partial charge < -0.3 is 20.9 Å². The fraction of sp³-hybridized carbons (Fsp3) is 0.533. The lowest BCUT2D eigenvalue weighted by Crippen LogP contribution is -2.42. The van der Waals surface area contributed by atoms with Gasteiger partial charge in [-0.3, -0.25) is 4.79 Å². The zero-order chi connectivity index (χ0) is 15.2. The zero-order valence-corrected chi connectivity index (χ0v) is 13.4. The summed E-state index contributed by atoms with van der Waals surface area (Å²) in [5, 5.41) is 12.6. The van der Waals surface area contributed by atoms with Crippen molar-refractivity contribution in [1.29, 1.82) is 0 Å². The van der Waals surface area contributed by atoms with E-state index >= 15 is 0 Å². The largest absolute Gasteiger partial charge is 0.490 e. The summed E-state index contributed by atoms with van der Waals surface area (Å²) in [6, 6.07) is 7.37. The lowest BCUT2D eigenvalue weighted by atomic mass is 10.0. The van der Waals surface area contributed by atoms with Gasteiger partial charge in [0, 0.05) is 12.6 Å². The highest BCUT2D eigenvalue weighted by Gasteiger charge is 2.30. The van der Waals surface area contributed by atoms with Gasteiger partial charge in [-0.25, -0.2) is 0 Å². The Morgan fingerprint density at radius 3 is 2.90 bits per heavy atom. The van der Waals surface area contributed by atoms with E-state index in [1.165, 1.54) is 0 Å². The summed E-state index contributed by atoms with van der Waals surface area (Å²) in [6.45, 7) is 0.298. The van der Waals surface area contributed by atoms with Crippen molar-refractivity contribution in [2.75, 3.05) is 13.2 Å². The lowest BCUT2D eigenvalue weighted by Gasteiger charge is -2.18. The third-order valence-corrected chi connectivity index (χ3v) is 4.34. The number of carbonyl (C=O) groups is 1. The molecule has 0 heterocycles. The number of para-hydroxylation sites is 1. The minimum Gasteiger partial charge on any atom is -0.490 e. The molecule has 0 radical (unpaired) electrons. The highest BCUT2D eigenvalue weighted by atomic mass is 79.9. The van der Waals surface area contributed by atoms with Gasteiger partial charge in [-0.15, -0.1) is 0 Å². The number of aliphatic hydroxyl groups excluding tert-OH is 1. The Morgan fingerprint density at radius 1 is 1.48 bits per heavy atom. The average Bonchev–Trinajstić information content (AvgIpc) is 2.90. The number of nitrogens with one attached hydrogen (secondary N) is 1. The van der Waals surface area contributed by atoms with Crippen LogP contribution >= 0.6 is 15.9 Å². The van der Waals surface area contributed by atoms with Crippen LogP contribution in [-0.4, -0.2) is 36.3 Å². The lowest BCUT2D eigenvalue weighted by molar-refractivity contribution is -0.125. The smallest absolute Gasteiger partial charge is 0.224 e. The molecule has 1 amide bonds. The number of ether oxygens (including phenoxy) is 1. The quantitative estimate of drug-likeness (QED) is 0.719. The predicted octanol–water partition coefficient (Wildman–Crippen LogP) is 1.43. The maximum Gasteiger partial charge on any atom is 0.224 e. The third-order valence-electron chi connectivity index (χ3n) is 3.69. The number of aliphatic hydroxyl groups is 1. The first-order chi connectivity index (χ1) is 10.1. The highest BCUT2D eigenvalue weighted by Crippen LogP contribution is 2.24. The number of benzene rings is 1. The summed E-state index contributed by atoms with van der Waals surface area (Å²) in [6.07, 6.45) is 1.97. The van der Waals surface area contributed by atoms with Crippen LogP contribution in [0.2, 0.25) is 0 Å². The van der Waals surface area contributed by atoms with Gasteiger partial charge in [0.15, 0.2) is 0 Å². The first-order valence-electron chi connectivity index (χ1n) is 7.16. The van der Waals surface area contributed by atoms with E-state index < -0.39 is 6.10 Å². The summed E-state index contributed by atoms with van der Waals surface area (Å²) in [5.74, 6) is 0.474. The van der Waals surface area contributed by atoms with E-state index in [0.717, 1.165) is 23.7 Å². The molecular formula is C15H21BrN2O3. The molecule has 2 rings (SSSR count). The van der Waals surface area contributed by atoms with Gasteiger partial charge in [0.25, 0.3) is 0 Å². The van der Waals surface area contributed by atoms with E-state index in [0.29, 0.717) is 5.75 Å². The molecule has 21 heavy (non-hydrogen) atoms. The third kappa shape index (κ3) is 4.69. The molecule has 1 aromatic carbocycles. The van der Waals surface area contributed by atoms with Crippen molar-refractivity contribution >= 4 is 21.8 Å². The molecule has 1 aliphatic rings. The number of halogens is 1. The van der Waals surface area contributed by atoms with Gasteiger partial charge in [-0.05, 0) is 40.9 Å². The Kier molecular flexibility index (Phi) is 6.02. The van der Waals surface area contributed by atoms with Crippen molar-refractivity contribution in [2.45, 2.75) is 31.4 Å². The number of hydrogen-bond donors (Lipinski definition) is 3. The molecule has 3 atom stereocenters. The molecule has 1 fully saturated rings. The number of nitrogens with two attached hydrogens (primary N) is 1. The normalized spacial score (nSPS) is 22.8. The van der Waals surface area contributed by atoms with Crippen LogP contribution in [0, 0.1) is 5.92 Å². The predicted molar refractivity (Wildman–Crippen MR) is 84.0 cm³/mol. The van der Waals surface area contributed by atoms with E-state index in [2.05, 4.69) is 21.2 Å². The fourth-order valence-corrected chi connectivity index (χ4v) is 2.87. The fourth-order valence-electron chi connectivity index (χ4n) is 2.47. The van der Waals surface area contributed by atoms with Crippen molar-refractivity contribution < 1.29 is 14.6 Å². The van der Waals surface area contributed by atoms with Crippen LogP contribution in [0.3, 0.4) is 0 Å². The Hall–Kier alpha value is -1.11. The molecule has 1 saturated carbocycles. The van der Waals surface area contributed by atoms with Crippen molar-refractivity contribution in [3.05, 3.63) is 28.7 Å². The maximum absolute atomic E-state index is 11.9. The molecule has 0 aliphatic heterocycles. The van der Waals surface area contributed by atoms with Crippen LogP contribution in [0.25, 0.3) is 0 Å². The Bertz CT molecular complexity index is 484. The van der Waals surface area contributed by atoms with Crippen molar-refractivity contribution in [3.8, 4) is 5.75 Å². The molecule has 1 aliphatic carbocycles. The molecule has 116 valence electrons. The van der Waals surface area contributed by atoms with E-state index in [9.17, 15) is 9.90 Å². The summed E-state index contributed by atoms with van der Waals surface area (Å²) >= 11 is 3.37. The number of amides is 1. The van der Waals surface area contributed by atoms with E-state index in [1.54, 1.807) is 0 Å². The molecule has 0 aromatic heterocycles.